The highest BCUT2D eigenvalue weighted by Gasteiger charge is 2.20. The zero-order chi connectivity index (χ0) is 33.3. The zero-order valence-electron chi connectivity index (χ0n) is 28.6. The summed E-state index contributed by atoms with van der Waals surface area (Å²) >= 11 is 0. The molecule has 4 heteroatoms. The van der Waals surface area contributed by atoms with Gasteiger partial charge in [-0.1, -0.05) is 106 Å². The number of nitrogens with two attached hydrogens (primary N) is 1. The van der Waals surface area contributed by atoms with Crippen molar-refractivity contribution in [2.75, 3.05) is 28.6 Å². The fourth-order valence-corrected chi connectivity index (χ4v) is 5.80. The van der Waals surface area contributed by atoms with E-state index < -0.39 is 0 Å². The quantitative estimate of drug-likeness (QED) is 0.168. The molecule has 0 atom stereocenters. The Balaban J connectivity index is 0.00000120. The SMILES string of the molecule is CC.CC.Nc1ccc(OC2=CC=C(N(CCN(C3=CC=C(Cc4ccccc4)CC3)c3ccccc3)c3ccccc3)CC2)cc1. The minimum atomic E-state index is 0.739. The number of rotatable bonds is 11. The molecule has 47 heavy (non-hydrogen) atoms. The molecule has 0 radical (unpaired) electrons. The van der Waals surface area contributed by atoms with Crippen LogP contribution in [-0.4, -0.2) is 13.1 Å². The van der Waals surface area contributed by atoms with Crippen LogP contribution < -0.4 is 20.3 Å². The maximum absolute atomic E-state index is 6.15. The second-order valence-electron chi connectivity index (χ2n) is 11.1. The first-order chi connectivity index (χ1) is 23.2. The number of anilines is 3. The lowest BCUT2D eigenvalue weighted by Gasteiger charge is -2.35. The Hall–Kier alpha value is -4.96. The van der Waals surface area contributed by atoms with E-state index in [1.807, 2.05) is 52.0 Å². The summed E-state index contributed by atoms with van der Waals surface area (Å²) in [5.41, 5.74) is 14.6. The standard InChI is InChI=1S/C39H39N3O.2C2H6/c40-33-18-24-38(25-19-33)43-39-26-22-37(23-27-39)42(35-14-8-3-9-15-35)29-28-41(34-12-6-2-7-13-34)36-20-16-32(17-21-36)30-31-10-4-1-5-11-31;2*1-2/h1-16,18-20,22,24-26H,17,21,23,27-30,40H2;2*1-2H3. The van der Waals surface area contributed by atoms with E-state index >= 15 is 0 Å². The number of ether oxygens (including phenoxy) is 1. The van der Waals surface area contributed by atoms with Crippen molar-refractivity contribution in [3.05, 3.63) is 168 Å². The van der Waals surface area contributed by atoms with Gasteiger partial charge in [0.2, 0.25) is 0 Å². The number of nitrogens with zero attached hydrogens (tertiary/aromatic N) is 2. The molecule has 0 aliphatic heterocycles. The lowest BCUT2D eigenvalue weighted by Crippen LogP contribution is -2.35. The van der Waals surface area contributed by atoms with Crippen molar-refractivity contribution in [2.24, 2.45) is 0 Å². The maximum Gasteiger partial charge on any atom is 0.127 e. The van der Waals surface area contributed by atoms with Gasteiger partial charge in [0.15, 0.2) is 0 Å². The van der Waals surface area contributed by atoms with Gasteiger partial charge in [0, 0.05) is 48.0 Å². The molecule has 2 aliphatic carbocycles. The van der Waals surface area contributed by atoms with E-state index in [1.54, 1.807) is 0 Å². The summed E-state index contributed by atoms with van der Waals surface area (Å²) < 4.78 is 6.15. The van der Waals surface area contributed by atoms with Crippen LogP contribution in [0.3, 0.4) is 0 Å². The van der Waals surface area contributed by atoms with Gasteiger partial charge in [0.05, 0.1) is 0 Å². The van der Waals surface area contributed by atoms with Crippen molar-refractivity contribution in [1.29, 1.82) is 0 Å². The zero-order valence-corrected chi connectivity index (χ0v) is 28.6. The molecule has 244 valence electrons. The molecule has 2 aliphatic rings. The second kappa shape index (κ2) is 18.9. The van der Waals surface area contributed by atoms with Gasteiger partial charge in [0.25, 0.3) is 0 Å². The molecule has 2 N–H and O–H groups in total. The normalized spacial score (nSPS) is 13.6. The molecule has 4 aromatic rings. The highest BCUT2D eigenvalue weighted by atomic mass is 16.5. The monoisotopic (exact) mass is 625 g/mol. The van der Waals surface area contributed by atoms with E-state index in [4.69, 9.17) is 10.5 Å². The summed E-state index contributed by atoms with van der Waals surface area (Å²) in [5, 5.41) is 0. The molecule has 4 aromatic carbocycles. The maximum atomic E-state index is 6.15. The van der Waals surface area contributed by atoms with Gasteiger partial charge < -0.3 is 20.3 Å². The van der Waals surface area contributed by atoms with E-state index in [2.05, 4.69) is 125 Å². The molecule has 0 amide bonds. The summed E-state index contributed by atoms with van der Waals surface area (Å²) in [6, 6.07) is 39.9. The lowest BCUT2D eigenvalue weighted by atomic mass is 9.95. The lowest BCUT2D eigenvalue weighted by molar-refractivity contribution is 0.400. The molecule has 0 saturated heterocycles. The molecule has 0 bridgehead atoms. The Kier molecular flexibility index (Phi) is 14.0. The molecule has 0 saturated carbocycles. The molecule has 0 spiro atoms. The third-order valence-corrected chi connectivity index (χ3v) is 8.08. The van der Waals surface area contributed by atoms with Gasteiger partial charge in [-0.2, -0.15) is 0 Å². The molecule has 6 rings (SSSR count). The fraction of sp³-hybridized carbons (Fsp3) is 0.256. The van der Waals surface area contributed by atoms with Gasteiger partial charge >= 0.3 is 0 Å². The van der Waals surface area contributed by atoms with Crippen molar-refractivity contribution in [2.45, 2.75) is 59.8 Å². The number of nitrogen functional groups attached to an aromatic ring is 1. The highest BCUT2D eigenvalue weighted by Crippen LogP contribution is 2.31. The smallest absolute Gasteiger partial charge is 0.127 e. The van der Waals surface area contributed by atoms with E-state index in [-0.39, 0.29) is 0 Å². The van der Waals surface area contributed by atoms with Crippen molar-refractivity contribution >= 4 is 17.1 Å². The Labute approximate surface area is 283 Å². The topological polar surface area (TPSA) is 41.7 Å². The highest BCUT2D eigenvalue weighted by molar-refractivity contribution is 5.57. The van der Waals surface area contributed by atoms with E-state index in [9.17, 15) is 0 Å². The molecule has 0 unspecified atom stereocenters. The first-order valence-electron chi connectivity index (χ1n) is 17.2. The fourth-order valence-electron chi connectivity index (χ4n) is 5.80. The van der Waals surface area contributed by atoms with Crippen LogP contribution in [0.25, 0.3) is 0 Å². The van der Waals surface area contributed by atoms with E-state index in [0.29, 0.717) is 0 Å². The third-order valence-electron chi connectivity index (χ3n) is 8.08. The van der Waals surface area contributed by atoms with Crippen molar-refractivity contribution in [1.82, 2.24) is 0 Å². The molecular weight excluding hydrogens is 574 g/mol. The minimum Gasteiger partial charge on any atom is -0.462 e. The van der Waals surface area contributed by atoms with E-state index in [1.165, 1.54) is 33.9 Å². The van der Waals surface area contributed by atoms with Crippen molar-refractivity contribution in [3.63, 3.8) is 0 Å². The molecule has 4 nitrogen and oxygen atoms in total. The van der Waals surface area contributed by atoms with E-state index in [0.717, 1.165) is 62.4 Å². The van der Waals surface area contributed by atoms with Crippen LogP contribution in [0, 0.1) is 0 Å². The third kappa shape index (κ3) is 10.3. The summed E-state index contributed by atoms with van der Waals surface area (Å²) in [7, 11) is 0. The number of allylic oxidation sites excluding steroid dienone is 8. The van der Waals surface area contributed by atoms with Crippen LogP contribution in [-0.2, 0) is 6.42 Å². The Morgan fingerprint density at radius 2 is 1.02 bits per heavy atom. The van der Waals surface area contributed by atoms with Crippen LogP contribution in [0.4, 0.5) is 17.1 Å². The van der Waals surface area contributed by atoms with Crippen LogP contribution in [0.1, 0.15) is 58.9 Å². The van der Waals surface area contributed by atoms with Gasteiger partial charge in [-0.3, -0.25) is 0 Å². The minimum absolute atomic E-state index is 0.739. The molecular formula is C43H51N3O. The van der Waals surface area contributed by atoms with Gasteiger partial charge in [-0.05, 0) is 98.0 Å². The number of benzene rings is 4. The first-order valence-corrected chi connectivity index (χ1v) is 17.2. The van der Waals surface area contributed by atoms with Crippen LogP contribution in [0.2, 0.25) is 0 Å². The van der Waals surface area contributed by atoms with Gasteiger partial charge in [0.1, 0.15) is 11.5 Å². The Morgan fingerprint density at radius 3 is 1.49 bits per heavy atom. The second-order valence-corrected chi connectivity index (χ2v) is 11.1. The first kappa shape index (κ1) is 34.9. The molecule has 0 aromatic heterocycles. The summed E-state index contributed by atoms with van der Waals surface area (Å²) in [6.45, 7) is 9.74. The summed E-state index contributed by atoms with van der Waals surface area (Å²) in [6.07, 6.45) is 13.9. The van der Waals surface area contributed by atoms with Crippen molar-refractivity contribution in [3.8, 4) is 5.75 Å². The average Bonchev–Trinajstić information content (AvgIpc) is 3.15. The van der Waals surface area contributed by atoms with Gasteiger partial charge in [-0.15, -0.1) is 0 Å². The average molecular weight is 626 g/mol. The Bertz CT molecular complexity index is 1600. The summed E-state index contributed by atoms with van der Waals surface area (Å²) in [5.74, 6) is 1.79. The predicted octanol–water partition coefficient (Wildman–Crippen LogP) is 11.1. The van der Waals surface area contributed by atoms with Crippen LogP contribution in [0.5, 0.6) is 5.75 Å². The number of hydrogen-bond donors (Lipinski definition) is 1. The van der Waals surface area contributed by atoms with Gasteiger partial charge in [-0.25, -0.2) is 0 Å². The molecule has 0 heterocycles. The van der Waals surface area contributed by atoms with Crippen LogP contribution >= 0.6 is 0 Å². The van der Waals surface area contributed by atoms with Crippen molar-refractivity contribution < 1.29 is 4.74 Å². The summed E-state index contributed by atoms with van der Waals surface area (Å²) in [4.78, 5) is 4.97. The predicted molar refractivity (Wildman–Crippen MR) is 203 cm³/mol. The van der Waals surface area contributed by atoms with Crippen LogP contribution in [0.15, 0.2) is 162 Å². The largest absolute Gasteiger partial charge is 0.462 e. The molecule has 0 fully saturated rings. The Morgan fingerprint density at radius 1 is 0.532 bits per heavy atom. The number of para-hydroxylation sites is 2. The number of hydrogen-bond acceptors (Lipinski definition) is 4.